The van der Waals surface area contributed by atoms with Gasteiger partial charge in [-0.2, -0.15) is 0 Å². The van der Waals surface area contributed by atoms with Crippen molar-refractivity contribution in [3.05, 3.63) is 33.9 Å². The van der Waals surface area contributed by atoms with E-state index in [4.69, 9.17) is 0 Å². The summed E-state index contributed by atoms with van der Waals surface area (Å²) in [4.78, 5) is 22.2. The van der Waals surface area contributed by atoms with E-state index < -0.39 is 4.92 Å². The molecule has 0 atom stereocenters. The second-order valence-electron chi connectivity index (χ2n) is 4.94. The van der Waals surface area contributed by atoms with Crippen molar-refractivity contribution in [1.82, 2.24) is 5.32 Å². The fourth-order valence-corrected chi connectivity index (χ4v) is 1.45. The van der Waals surface area contributed by atoms with Gasteiger partial charge < -0.3 is 10.6 Å². The molecule has 98 valence electrons. The molecule has 0 saturated heterocycles. The number of carbonyl (C=O) groups excluding carboxylic acids is 1. The number of hydrogen-bond acceptors (Lipinski definition) is 4. The van der Waals surface area contributed by atoms with E-state index >= 15 is 0 Å². The van der Waals surface area contributed by atoms with Crippen molar-refractivity contribution in [2.45, 2.75) is 26.3 Å². The van der Waals surface area contributed by atoms with Crippen LogP contribution in [0.25, 0.3) is 0 Å². The number of nitrogens with one attached hydrogen (secondary N) is 2. The molecule has 0 fully saturated rings. The van der Waals surface area contributed by atoms with E-state index in [-0.39, 0.29) is 22.7 Å². The first-order valence-electron chi connectivity index (χ1n) is 5.53. The number of benzene rings is 1. The average Bonchev–Trinajstić information content (AvgIpc) is 2.25. The minimum Gasteiger partial charge on any atom is -0.383 e. The third-order valence-electron chi connectivity index (χ3n) is 2.21. The monoisotopic (exact) mass is 251 g/mol. The molecule has 0 saturated carbocycles. The molecule has 1 aromatic carbocycles. The van der Waals surface area contributed by atoms with Crippen molar-refractivity contribution < 1.29 is 9.72 Å². The predicted octanol–water partition coefficient (Wildman–Crippen LogP) is 2.16. The minimum absolute atomic E-state index is 0.112. The topological polar surface area (TPSA) is 84.3 Å². The molecule has 0 bridgehead atoms. The van der Waals surface area contributed by atoms with Gasteiger partial charge in [0, 0.05) is 24.2 Å². The Morgan fingerprint density at radius 3 is 2.39 bits per heavy atom. The van der Waals surface area contributed by atoms with Crippen LogP contribution < -0.4 is 10.6 Å². The molecule has 0 spiro atoms. The van der Waals surface area contributed by atoms with Crippen molar-refractivity contribution in [3.8, 4) is 0 Å². The molecule has 0 heterocycles. The second-order valence-corrected chi connectivity index (χ2v) is 4.94. The molecule has 0 radical (unpaired) electrons. The van der Waals surface area contributed by atoms with E-state index in [2.05, 4.69) is 10.6 Å². The zero-order valence-electron chi connectivity index (χ0n) is 10.9. The smallest absolute Gasteiger partial charge is 0.293 e. The van der Waals surface area contributed by atoms with Gasteiger partial charge in [-0.25, -0.2) is 0 Å². The Morgan fingerprint density at radius 2 is 1.94 bits per heavy atom. The maximum atomic E-state index is 11.9. The molecule has 0 aliphatic carbocycles. The molecule has 6 heteroatoms. The van der Waals surface area contributed by atoms with Gasteiger partial charge in [-0.15, -0.1) is 0 Å². The maximum absolute atomic E-state index is 11.9. The van der Waals surface area contributed by atoms with E-state index in [0.29, 0.717) is 5.69 Å². The van der Waals surface area contributed by atoms with E-state index in [1.54, 1.807) is 13.1 Å². The summed E-state index contributed by atoms with van der Waals surface area (Å²) >= 11 is 0. The van der Waals surface area contributed by atoms with Crippen LogP contribution in [0.4, 0.5) is 11.4 Å². The Morgan fingerprint density at radius 1 is 1.33 bits per heavy atom. The summed E-state index contributed by atoms with van der Waals surface area (Å²) in [5.74, 6) is -0.326. The molecule has 0 aromatic heterocycles. The van der Waals surface area contributed by atoms with Gasteiger partial charge in [0.05, 0.1) is 4.92 Å². The van der Waals surface area contributed by atoms with E-state index in [1.807, 2.05) is 20.8 Å². The molecule has 1 aromatic rings. The zero-order chi connectivity index (χ0) is 13.9. The number of nitro groups is 1. The van der Waals surface area contributed by atoms with Crippen molar-refractivity contribution in [1.29, 1.82) is 0 Å². The molecule has 0 aliphatic rings. The highest BCUT2D eigenvalue weighted by molar-refractivity contribution is 5.96. The molecule has 1 amide bonds. The Bertz CT molecular complexity index is 478. The van der Waals surface area contributed by atoms with Crippen LogP contribution in [0.15, 0.2) is 18.2 Å². The van der Waals surface area contributed by atoms with Gasteiger partial charge in [0.2, 0.25) is 0 Å². The number of anilines is 1. The number of hydrogen-bond donors (Lipinski definition) is 2. The third-order valence-corrected chi connectivity index (χ3v) is 2.21. The third kappa shape index (κ3) is 3.44. The highest BCUT2D eigenvalue weighted by Crippen LogP contribution is 2.25. The molecule has 18 heavy (non-hydrogen) atoms. The molecule has 0 aliphatic heterocycles. The van der Waals surface area contributed by atoms with E-state index in [9.17, 15) is 14.9 Å². The van der Waals surface area contributed by atoms with Crippen LogP contribution in [0.3, 0.4) is 0 Å². The minimum atomic E-state index is -0.514. The van der Waals surface area contributed by atoms with Crippen molar-refractivity contribution >= 4 is 17.3 Å². The summed E-state index contributed by atoms with van der Waals surface area (Å²) in [5, 5.41) is 16.3. The molecule has 2 N–H and O–H groups in total. The molecule has 1 rings (SSSR count). The van der Waals surface area contributed by atoms with Crippen LogP contribution in [-0.4, -0.2) is 23.4 Å². The van der Waals surface area contributed by atoms with Crippen molar-refractivity contribution in [3.63, 3.8) is 0 Å². The fourth-order valence-electron chi connectivity index (χ4n) is 1.45. The van der Waals surface area contributed by atoms with Gasteiger partial charge >= 0.3 is 0 Å². The van der Waals surface area contributed by atoms with Gasteiger partial charge in [-0.1, -0.05) is 0 Å². The van der Waals surface area contributed by atoms with Gasteiger partial charge in [-0.3, -0.25) is 14.9 Å². The van der Waals surface area contributed by atoms with Gasteiger partial charge in [0.25, 0.3) is 11.6 Å². The number of nitrogens with zero attached hydrogens (tertiary/aromatic N) is 1. The average molecular weight is 251 g/mol. The first kappa shape index (κ1) is 14.0. The Balaban J connectivity index is 3.09. The van der Waals surface area contributed by atoms with Gasteiger partial charge in [0.1, 0.15) is 5.69 Å². The first-order chi connectivity index (χ1) is 8.24. The lowest BCUT2D eigenvalue weighted by molar-refractivity contribution is -0.384. The predicted molar refractivity (Wildman–Crippen MR) is 69.9 cm³/mol. The SMILES string of the molecule is CNc1ccc(C(=O)NC(C)(C)C)cc1[N+](=O)[O-]. The lowest BCUT2D eigenvalue weighted by Crippen LogP contribution is -2.40. The van der Waals surface area contributed by atoms with Crippen LogP contribution in [0.1, 0.15) is 31.1 Å². The molecule has 6 nitrogen and oxygen atoms in total. The van der Waals surface area contributed by atoms with Crippen LogP contribution in [-0.2, 0) is 0 Å². The summed E-state index contributed by atoms with van der Waals surface area (Å²) in [7, 11) is 1.59. The van der Waals surface area contributed by atoms with Crippen LogP contribution in [0, 0.1) is 10.1 Å². The summed E-state index contributed by atoms with van der Waals surface area (Å²) < 4.78 is 0. The van der Waals surface area contributed by atoms with Crippen LogP contribution in [0.2, 0.25) is 0 Å². The van der Waals surface area contributed by atoms with E-state index in [0.717, 1.165) is 0 Å². The quantitative estimate of drug-likeness (QED) is 0.637. The second kappa shape index (κ2) is 5.03. The zero-order valence-corrected chi connectivity index (χ0v) is 10.9. The number of rotatable bonds is 3. The van der Waals surface area contributed by atoms with Gasteiger partial charge in [0.15, 0.2) is 0 Å². The normalized spacial score (nSPS) is 10.9. The fraction of sp³-hybridized carbons (Fsp3) is 0.417. The lowest BCUT2D eigenvalue weighted by Gasteiger charge is -2.20. The highest BCUT2D eigenvalue weighted by atomic mass is 16.6. The summed E-state index contributed by atoms with van der Waals surface area (Å²) in [6.45, 7) is 5.55. The van der Waals surface area contributed by atoms with Crippen LogP contribution in [0.5, 0.6) is 0 Å². The van der Waals surface area contributed by atoms with E-state index in [1.165, 1.54) is 12.1 Å². The first-order valence-corrected chi connectivity index (χ1v) is 5.53. The number of carbonyl (C=O) groups is 1. The Labute approximate surface area is 106 Å². The van der Waals surface area contributed by atoms with Gasteiger partial charge in [-0.05, 0) is 32.9 Å². The standard InChI is InChI=1S/C12H17N3O3/c1-12(2,3)14-11(16)8-5-6-9(13-4)10(7-8)15(17)18/h5-7,13H,1-4H3,(H,14,16). The van der Waals surface area contributed by atoms with Crippen molar-refractivity contribution in [2.75, 3.05) is 12.4 Å². The largest absolute Gasteiger partial charge is 0.383 e. The maximum Gasteiger partial charge on any atom is 0.293 e. The Hall–Kier alpha value is -2.11. The molecular weight excluding hydrogens is 234 g/mol. The summed E-state index contributed by atoms with van der Waals surface area (Å²) in [6, 6.07) is 4.35. The molecular formula is C12H17N3O3. The lowest BCUT2D eigenvalue weighted by atomic mass is 10.1. The van der Waals surface area contributed by atoms with Crippen molar-refractivity contribution in [2.24, 2.45) is 0 Å². The molecule has 0 unspecified atom stereocenters. The highest BCUT2D eigenvalue weighted by Gasteiger charge is 2.19. The summed E-state index contributed by atoms with van der Waals surface area (Å²) in [6.07, 6.45) is 0. The van der Waals surface area contributed by atoms with Crippen LogP contribution >= 0.6 is 0 Å². The Kier molecular flexibility index (Phi) is 3.90. The number of amides is 1. The number of nitro benzene ring substituents is 1. The summed E-state index contributed by atoms with van der Waals surface area (Å²) in [5.41, 5.74) is 0.162.